The predicted octanol–water partition coefficient (Wildman–Crippen LogP) is 0.931. The number of nitrogens with zero attached hydrogens (tertiary/aromatic N) is 2. The summed E-state index contributed by atoms with van der Waals surface area (Å²) in [5.74, 6) is 0.738. The van der Waals surface area contributed by atoms with E-state index in [4.69, 9.17) is 4.74 Å². The Morgan fingerprint density at radius 2 is 2.40 bits per heavy atom. The Balaban J connectivity index is 2.75. The first-order valence-corrected chi connectivity index (χ1v) is 3.10. The second kappa shape index (κ2) is 3.27. The molecule has 3 heteroatoms. The highest BCUT2D eigenvalue weighted by molar-refractivity contribution is 4.98. The third-order valence-electron chi connectivity index (χ3n) is 1.12. The Bertz CT molecular complexity index is 213. The molecular weight excluding hydrogens is 128 g/mol. The molecule has 0 aliphatic rings. The quantitative estimate of drug-likeness (QED) is 0.609. The lowest BCUT2D eigenvalue weighted by atomic mass is 10.4. The average molecular weight is 138 g/mol. The zero-order valence-electron chi connectivity index (χ0n) is 6.16. The number of hydrogen-bond donors (Lipinski definition) is 0. The summed E-state index contributed by atoms with van der Waals surface area (Å²) in [4.78, 5) is 8.12. The van der Waals surface area contributed by atoms with Crippen LogP contribution in [0.3, 0.4) is 0 Å². The van der Waals surface area contributed by atoms with E-state index in [1.807, 2.05) is 13.0 Å². The Labute approximate surface area is 60.1 Å². The van der Waals surface area contributed by atoms with E-state index in [2.05, 4.69) is 9.97 Å². The SMILES string of the molecule is COCc1nccc(C)n1. The molecule has 0 amide bonds. The molecule has 10 heavy (non-hydrogen) atoms. The third kappa shape index (κ3) is 1.77. The molecule has 0 saturated heterocycles. The van der Waals surface area contributed by atoms with Crippen molar-refractivity contribution in [2.24, 2.45) is 0 Å². The summed E-state index contributed by atoms with van der Waals surface area (Å²) in [6.45, 7) is 2.42. The molecule has 54 valence electrons. The molecule has 0 N–H and O–H groups in total. The first-order valence-electron chi connectivity index (χ1n) is 3.10. The van der Waals surface area contributed by atoms with Crippen molar-refractivity contribution < 1.29 is 4.74 Å². The van der Waals surface area contributed by atoms with Gasteiger partial charge < -0.3 is 4.74 Å². The lowest BCUT2D eigenvalue weighted by molar-refractivity contribution is 0.177. The molecule has 0 aliphatic carbocycles. The molecule has 1 heterocycles. The van der Waals surface area contributed by atoms with Gasteiger partial charge in [0.2, 0.25) is 0 Å². The molecule has 1 aromatic heterocycles. The normalized spacial score (nSPS) is 9.80. The van der Waals surface area contributed by atoms with E-state index in [1.54, 1.807) is 13.3 Å². The molecule has 0 fully saturated rings. The zero-order chi connectivity index (χ0) is 7.40. The fraction of sp³-hybridized carbons (Fsp3) is 0.429. The highest BCUT2D eigenvalue weighted by atomic mass is 16.5. The Morgan fingerprint density at radius 1 is 1.60 bits per heavy atom. The molecule has 0 radical (unpaired) electrons. The van der Waals surface area contributed by atoms with Gasteiger partial charge in [0.1, 0.15) is 6.61 Å². The van der Waals surface area contributed by atoms with Crippen LogP contribution in [0.25, 0.3) is 0 Å². The second-order valence-corrected chi connectivity index (χ2v) is 2.05. The molecule has 0 atom stereocenters. The van der Waals surface area contributed by atoms with Crippen LogP contribution < -0.4 is 0 Å². The zero-order valence-corrected chi connectivity index (χ0v) is 6.16. The topological polar surface area (TPSA) is 35.0 Å². The fourth-order valence-electron chi connectivity index (χ4n) is 0.700. The predicted molar refractivity (Wildman–Crippen MR) is 37.5 cm³/mol. The number of aryl methyl sites for hydroxylation is 1. The van der Waals surface area contributed by atoms with E-state index >= 15 is 0 Å². The van der Waals surface area contributed by atoms with Gasteiger partial charge in [0.05, 0.1) is 0 Å². The van der Waals surface area contributed by atoms with Gasteiger partial charge in [-0.25, -0.2) is 9.97 Å². The second-order valence-electron chi connectivity index (χ2n) is 2.05. The monoisotopic (exact) mass is 138 g/mol. The molecular formula is C7H10N2O. The van der Waals surface area contributed by atoms with E-state index in [0.29, 0.717) is 6.61 Å². The number of aromatic nitrogens is 2. The van der Waals surface area contributed by atoms with E-state index < -0.39 is 0 Å². The fourth-order valence-corrected chi connectivity index (χ4v) is 0.700. The first-order chi connectivity index (χ1) is 4.83. The van der Waals surface area contributed by atoms with Gasteiger partial charge in [-0.3, -0.25) is 0 Å². The summed E-state index contributed by atoms with van der Waals surface area (Å²) in [7, 11) is 1.63. The molecule has 3 nitrogen and oxygen atoms in total. The molecule has 1 rings (SSSR count). The maximum absolute atomic E-state index is 4.86. The Morgan fingerprint density at radius 3 is 3.00 bits per heavy atom. The van der Waals surface area contributed by atoms with Crippen molar-refractivity contribution in [1.29, 1.82) is 0 Å². The van der Waals surface area contributed by atoms with Crippen molar-refractivity contribution in [2.75, 3.05) is 7.11 Å². The number of rotatable bonds is 2. The minimum absolute atomic E-state index is 0.488. The van der Waals surface area contributed by atoms with Gasteiger partial charge in [0, 0.05) is 19.0 Å². The summed E-state index contributed by atoms with van der Waals surface area (Å²) < 4.78 is 4.86. The summed E-state index contributed by atoms with van der Waals surface area (Å²) in [5, 5.41) is 0. The van der Waals surface area contributed by atoms with Gasteiger partial charge in [-0.05, 0) is 13.0 Å². The van der Waals surface area contributed by atoms with E-state index in [1.165, 1.54) is 0 Å². The molecule has 1 aromatic rings. The largest absolute Gasteiger partial charge is 0.377 e. The summed E-state index contributed by atoms with van der Waals surface area (Å²) in [6.07, 6.45) is 1.73. The first kappa shape index (κ1) is 7.15. The molecule has 0 bridgehead atoms. The van der Waals surface area contributed by atoms with Gasteiger partial charge >= 0.3 is 0 Å². The van der Waals surface area contributed by atoms with Crippen LogP contribution in [0.1, 0.15) is 11.5 Å². The molecule has 0 aromatic carbocycles. The van der Waals surface area contributed by atoms with Gasteiger partial charge in [0.15, 0.2) is 5.82 Å². The Kier molecular flexibility index (Phi) is 2.34. The minimum atomic E-state index is 0.488. The van der Waals surface area contributed by atoms with Crippen LogP contribution in [-0.2, 0) is 11.3 Å². The van der Waals surface area contributed by atoms with Crippen LogP contribution in [-0.4, -0.2) is 17.1 Å². The van der Waals surface area contributed by atoms with Crippen molar-refractivity contribution >= 4 is 0 Å². The van der Waals surface area contributed by atoms with Gasteiger partial charge in [0.25, 0.3) is 0 Å². The minimum Gasteiger partial charge on any atom is -0.377 e. The van der Waals surface area contributed by atoms with E-state index in [9.17, 15) is 0 Å². The lowest BCUT2D eigenvalue weighted by Gasteiger charge is -1.96. The summed E-state index contributed by atoms with van der Waals surface area (Å²) in [5.41, 5.74) is 0.974. The van der Waals surface area contributed by atoms with Crippen molar-refractivity contribution in [3.8, 4) is 0 Å². The van der Waals surface area contributed by atoms with Gasteiger partial charge in [-0.1, -0.05) is 0 Å². The van der Waals surface area contributed by atoms with Crippen LogP contribution in [0.4, 0.5) is 0 Å². The molecule has 0 unspecified atom stereocenters. The van der Waals surface area contributed by atoms with Crippen LogP contribution in [0.2, 0.25) is 0 Å². The highest BCUT2D eigenvalue weighted by Gasteiger charge is 1.92. The number of methoxy groups -OCH3 is 1. The van der Waals surface area contributed by atoms with Gasteiger partial charge in [-0.15, -0.1) is 0 Å². The maximum atomic E-state index is 4.86. The highest BCUT2D eigenvalue weighted by Crippen LogP contribution is 1.93. The maximum Gasteiger partial charge on any atom is 0.154 e. The molecule has 0 aliphatic heterocycles. The summed E-state index contributed by atoms with van der Waals surface area (Å²) in [6, 6.07) is 1.86. The van der Waals surface area contributed by atoms with E-state index in [0.717, 1.165) is 11.5 Å². The standard InChI is InChI=1S/C7H10N2O/c1-6-3-4-8-7(9-6)5-10-2/h3-4H,5H2,1-2H3. The third-order valence-corrected chi connectivity index (χ3v) is 1.12. The number of ether oxygens (including phenoxy) is 1. The van der Waals surface area contributed by atoms with Crippen molar-refractivity contribution in [3.05, 3.63) is 23.8 Å². The van der Waals surface area contributed by atoms with Crippen molar-refractivity contribution in [1.82, 2.24) is 9.97 Å². The van der Waals surface area contributed by atoms with Crippen LogP contribution in [0.5, 0.6) is 0 Å². The molecule has 0 spiro atoms. The Hall–Kier alpha value is -0.960. The summed E-state index contributed by atoms with van der Waals surface area (Å²) >= 11 is 0. The lowest BCUT2D eigenvalue weighted by Crippen LogP contribution is -1.96. The number of hydrogen-bond acceptors (Lipinski definition) is 3. The van der Waals surface area contributed by atoms with E-state index in [-0.39, 0.29) is 0 Å². The van der Waals surface area contributed by atoms with Crippen LogP contribution in [0, 0.1) is 6.92 Å². The molecule has 0 saturated carbocycles. The smallest absolute Gasteiger partial charge is 0.154 e. The van der Waals surface area contributed by atoms with Crippen LogP contribution >= 0.6 is 0 Å². The van der Waals surface area contributed by atoms with Crippen LogP contribution in [0.15, 0.2) is 12.3 Å². The van der Waals surface area contributed by atoms with Crippen molar-refractivity contribution in [2.45, 2.75) is 13.5 Å². The average Bonchev–Trinajstić information content (AvgIpc) is 1.88. The van der Waals surface area contributed by atoms with Crippen molar-refractivity contribution in [3.63, 3.8) is 0 Å². The van der Waals surface area contributed by atoms with Gasteiger partial charge in [-0.2, -0.15) is 0 Å².